The van der Waals surface area contributed by atoms with Gasteiger partial charge in [0.25, 0.3) is 0 Å². The van der Waals surface area contributed by atoms with Crippen molar-refractivity contribution in [1.82, 2.24) is 5.32 Å². The normalized spacial score (nSPS) is 13.0. The zero-order valence-corrected chi connectivity index (χ0v) is 40.4. The summed E-state index contributed by atoms with van der Waals surface area (Å²) < 4.78 is 5.45. The fourth-order valence-corrected chi connectivity index (χ4v) is 7.71. The van der Waals surface area contributed by atoms with Gasteiger partial charge < -0.3 is 20.3 Å². The minimum atomic E-state index is -0.863. The molecule has 0 aliphatic heterocycles. The van der Waals surface area contributed by atoms with Crippen molar-refractivity contribution >= 4 is 11.9 Å². The highest BCUT2D eigenvalue weighted by atomic mass is 16.5. The van der Waals surface area contributed by atoms with Gasteiger partial charge in [0.2, 0.25) is 5.91 Å². The van der Waals surface area contributed by atoms with E-state index in [1.54, 1.807) is 6.08 Å². The molecule has 0 radical (unpaired) electrons. The molecule has 0 saturated heterocycles. The summed E-state index contributed by atoms with van der Waals surface area (Å²) in [5, 5.41) is 23.1. The zero-order chi connectivity index (χ0) is 44.4. The van der Waals surface area contributed by atoms with E-state index in [0.29, 0.717) is 19.4 Å². The molecule has 2 atom stereocenters. The topological polar surface area (TPSA) is 95.9 Å². The van der Waals surface area contributed by atoms with Crippen LogP contribution in [0.1, 0.15) is 264 Å². The Hall–Kier alpha value is -2.18. The third-order valence-electron chi connectivity index (χ3n) is 11.8. The molecule has 0 fully saturated rings. The molecule has 0 heterocycles. The number of nitrogens with one attached hydrogen (secondary N) is 1. The Labute approximate surface area is 378 Å². The first-order valence-electron chi connectivity index (χ1n) is 26.4. The van der Waals surface area contributed by atoms with Crippen molar-refractivity contribution in [3.05, 3.63) is 48.6 Å². The number of aliphatic hydroxyl groups excluding tert-OH is 2. The molecule has 0 aliphatic carbocycles. The van der Waals surface area contributed by atoms with Crippen LogP contribution in [-0.2, 0) is 14.3 Å². The highest BCUT2D eigenvalue weighted by Gasteiger charge is 2.18. The molecule has 1 amide bonds. The molecule has 6 heteroatoms. The highest BCUT2D eigenvalue weighted by Crippen LogP contribution is 2.15. The lowest BCUT2D eigenvalue weighted by atomic mass is 10.0. The summed E-state index contributed by atoms with van der Waals surface area (Å²) in [6.07, 6.45) is 62.5. The number of rotatable bonds is 48. The number of unbranched alkanes of at least 4 members (excludes halogenated alkanes) is 31. The number of carbonyl (C=O) groups is 2. The van der Waals surface area contributed by atoms with Crippen LogP contribution in [0, 0.1) is 0 Å². The van der Waals surface area contributed by atoms with Gasteiger partial charge in [0.1, 0.15) is 0 Å². The summed E-state index contributed by atoms with van der Waals surface area (Å²) >= 11 is 0. The molecule has 0 aromatic rings. The number of allylic oxidation sites excluding steroid dienone is 7. The molecule has 0 aliphatic rings. The number of carbonyl (C=O) groups excluding carboxylic acids is 2. The van der Waals surface area contributed by atoms with Gasteiger partial charge in [-0.1, -0.05) is 210 Å². The van der Waals surface area contributed by atoms with E-state index in [-0.39, 0.29) is 18.5 Å². The number of amides is 1. The van der Waals surface area contributed by atoms with Crippen molar-refractivity contribution in [2.45, 2.75) is 276 Å². The maximum Gasteiger partial charge on any atom is 0.305 e. The standard InChI is InChI=1S/C55H101NO5/c1-3-5-7-9-11-13-15-17-19-21-23-27-31-35-39-43-47-53(58)52(51-57)56-54(59)48-44-40-36-32-28-24-22-26-30-34-38-42-46-50-61-55(60)49-45-41-37-33-29-25-20-18-16-14-12-10-8-6-4-2/h12,14,18,20,24,28,43,47,52-53,57-58H,3-11,13,15-17,19,21-23,25-27,29-42,44-46,48-51H2,1-2H3,(H,56,59)/b14-12-,20-18-,28-24-,47-43+. The summed E-state index contributed by atoms with van der Waals surface area (Å²) in [5.41, 5.74) is 0. The smallest absolute Gasteiger partial charge is 0.305 e. The molecule has 0 aromatic heterocycles. The zero-order valence-electron chi connectivity index (χ0n) is 40.4. The second-order valence-corrected chi connectivity index (χ2v) is 17.8. The van der Waals surface area contributed by atoms with Crippen LogP contribution >= 0.6 is 0 Å². The summed E-state index contributed by atoms with van der Waals surface area (Å²) in [6, 6.07) is -0.649. The van der Waals surface area contributed by atoms with Gasteiger partial charge in [-0.05, 0) is 89.9 Å². The molecule has 61 heavy (non-hydrogen) atoms. The predicted octanol–water partition coefficient (Wildman–Crippen LogP) is 15.8. The summed E-state index contributed by atoms with van der Waals surface area (Å²) in [7, 11) is 0. The average Bonchev–Trinajstić information content (AvgIpc) is 3.26. The molecule has 2 unspecified atom stereocenters. The third-order valence-corrected chi connectivity index (χ3v) is 11.8. The Bertz CT molecular complexity index is 1040. The highest BCUT2D eigenvalue weighted by molar-refractivity contribution is 5.76. The quantitative estimate of drug-likeness (QED) is 0.0322. The number of esters is 1. The predicted molar refractivity (Wildman–Crippen MR) is 264 cm³/mol. The van der Waals surface area contributed by atoms with Gasteiger partial charge >= 0.3 is 5.97 Å². The Balaban J connectivity index is 3.55. The van der Waals surface area contributed by atoms with Crippen molar-refractivity contribution in [3.63, 3.8) is 0 Å². The van der Waals surface area contributed by atoms with Gasteiger partial charge in [0.15, 0.2) is 0 Å². The van der Waals surface area contributed by atoms with Crippen molar-refractivity contribution in [2.24, 2.45) is 0 Å². The lowest BCUT2D eigenvalue weighted by Crippen LogP contribution is -2.45. The van der Waals surface area contributed by atoms with Gasteiger partial charge in [-0.3, -0.25) is 9.59 Å². The fraction of sp³-hybridized carbons (Fsp3) is 0.818. The van der Waals surface area contributed by atoms with Crippen LogP contribution in [0.15, 0.2) is 48.6 Å². The fourth-order valence-electron chi connectivity index (χ4n) is 7.71. The molecule has 6 nitrogen and oxygen atoms in total. The first-order valence-corrected chi connectivity index (χ1v) is 26.4. The summed E-state index contributed by atoms with van der Waals surface area (Å²) in [4.78, 5) is 24.5. The first kappa shape index (κ1) is 58.8. The lowest BCUT2D eigenvalue weighted by molar-refractivity contribution is -0.143. The molecule has 0 bridgehead atoms. The number of hydrogen-bond acceptors (Lipinski definition) is 5. The summed E-state index contributed by atoms with van der Waals surface area (Å²) in [6.45, 7) is 4.82. The van der Waals surface area contributed by atoms with Crippen molar-refractivity contribution in [2.75, 3.05) is 13.2 Å². The van der Waals surface area contributed by atoms with Crippen LogP contribution in [-0.4, -0.2) is 47.4 Å². The minimum Gasteiger partial charge on any atom is -0.466 e. The maximum absolute atomic E-state index is 12.4. The third kappa shape index (κ3) is 47.1. The minimum absolute atomic E-state index is 0.0288. The lowest BCUT2D eigenvalue weighted by Gasteiger charge is -2.19. The molecule has 3 N–H and O–H groups in total. The van der Waals surface area contributed by atoms with Gasteiger partial charge in [-0.15, -0.1) is 0 Å². The molecular weight excluding hydrogens is 755 g/mol. The van der Waals surface area contributed by atoms with Gasteiger partial charge in [-0.25, -0.2) is 0 Å². The van der Waals surface area contributed by atoms with Crippen LogP contribution in [0.2, 0.25) is 0 Å². The van der Waals surface area contributed by atoms with E-state index < -0.39 is 12.1 Å². The van der Waals surface area contributed by atoms with E-state index in [2.05, 4.69) is 55.6 Å². The SMILES string of the molecule is CCCCC/C=C\C/C=C\CCCCCCCC(=O)OCCCCCCCC/C=C\CCCCCC(=O)NC(CO)C(O)/C=C/CCCCCCCCCCCCCCCC. The van der Waals surface area contributed by atoms with E-state index in [9.17, 15) is 19.8 Å². The molecule has 356 valence electrons. The van der Waals surface area contributed by atoms with Crippen LogP contribution in [0.3, 0.4) is 0 Å². The van der Waals surface area contributed by atoms with Crippen LogP contribution < -0.4 is 5.32 Å². The average molecular weight is 856 g/mol. The van der Waals surface area contributed by atoms with Crippen LogP contribution in [0.4, 0.5) is 0 Å². The Morgan fingerprint density at radius 1 is 0.459 bits per heavy atom. The van der Waals surface area contributed by atoms with E-state index in [4.69, 9.17) is 4.74 Å². The van der Waals surface area contributed by atoms with Gasteiger partial charge in [0.05, 0.1) is 25.4 Å². The molecule has 0 rings (SSSR count). The second-order valence-electron chi connectivity index (χ2n) is 17.8. The van der Waals surface area contributed by atoms with E-state index in [1.165, 1.54) is 154 Å². The number of aliphatic hydroxyl groups is 2. The maximum atomic E-state index is 12.4. The Kier molecular flexibility index (Phi) is 48.7. The Morgan fingerprint density at radius 3 is 1.31 bits per heavy atom. The van der Waals surface area contributed by atoms with Crippen LogP contribution in [0.25, 0.3) is 0 Å². The Morgan fingerprint density at radius 2 is 0.820 bits per heavy atom. The number of hydrogen-bond donors (Lipinski definition) is 3. The van der Waals surface area contributed by atoms with Crippen molar-refractivity contribution < 1.29 is 24.5 Å². The van der Waals surface area contributed by atoms with E-state index in [1.807, 2.05) is 6.08 Å². The number of ether oxygens (including phenoxy) is 1. The molecule has 0 aromatic carbocycles. The first-order chi connectivity index (χ1) is 30.0. The molecule has 0 spiro atoms. The largest absolute Gasteiger partial charge is 0.466 e. The van der Waals surface area contributed by atoms with Crippen LogP contribution in [0.5, 0.6) is 0 Å². The van der Waals surface area contributed by atoms with E-state index >= 15 is 0 Å². The van der Waals surface area contributed by atoms with Crippen molar-refractivity contribution in [1.29, 1.82) is 0 Å². The molecule has 0 saturated carbocycles. The van der Waals surface area contributed by atoms with Gasteiger partial charge in [0, 0.05) is 12.8 Å². The van der Waals surface area contributed by atoms with Crippen molar-refractivity contribution in [3.8, 4) is 0 Å². The second kappa shape index (κ2) is 50.5. The summed E-state index contributed by atoms with van der Waals surface area (Å²) in [5.74, 6) is -0.128. The van der Waals surface area contributed by atoms with Gasteiger partial charge in [-0.2, -0.15) is 0 Å². The monoisotopic (exact) mass is 856 g/mol. The molecular formula is C55H101NO5. The van der Waals surface area contributed by atoms with E-state index in [0.717, 1.165) is 83.5 Å².